The van der Waals surface area contributed by atoms with Crippen LogP contribution in [-0.2, 0) is 12.8 Å². The Bertz CT molecular complexity index is 483. The number of aliphatic hydroxyl groups excluding tert-OH is 1. The van der Waals surface area contributed by atoms with Crippen molar-refractivity contribution in [2.24, 2.45) is 5.41 Å². The van der Waals surface area contributed by atoms with E-state index in [1.807, 2.05) is 6.07 Å². The molecule has 0 aliphatic heterocycles. The lowest BCUT2D eigenvalue weighted by Crippen LogP contribution is -2.01. The average Bonchev–Trinajstić information content (AvgIpc) is 2.73. The minimum Gasteiger partial charge on any atom is -0.387 e. The number of aliphatic hydroxyl groups is 1. The molecule has 0 saturated heterocycles. The molecule has 1 aliphatic rings. The van der Waals surface area contributed by atoms with Gasteiger partial charge in [0.25, 0.3) is 0 Å². The van der Waals surface area contributed by atoms with Gasteiger partial charge in [0.05, 0.1) is 6.10 Å². The molecule has 0 radical (unpaired) electrons. The van der Waals surface area contributed by atoms with E-state index in [0.29, 0.717) is 6.42 Å². The van der Waals surface area contributed by atoms with Crippen LogP contribution < -0.4 is 0 Å². The molecule has 1 aromatic carbocycles. The number of aryl methyl sites for hydroxylation is 2. The van der Waals surface area contributed by atoms with Gasteiger partial charge in [-0.3, -0.25) is 0 Å². The molecular formula is C17H22O. The molecular weight excluding hydrogens is 220 g/mol. The first-order valence-electron chi connectivity index (χ1n) is 6.75. The molecule has 0 aromatic heterocycles. The largest absolute Gasteiger partial charge is 0.387 e. The van der Waals surface area contributed by atoms with E-state index in [1.54, 1.807) is 0 Å². The third-order valence-electron chi connectivity index (χ3n) is 3.27. The zero-order valence-electron chi connectivity index (χ0n) is 11.6. The Hall–Kier alpha value is -1.26. The SMILES string of the molecule is CC(C)(C)C#CCC(O)c1ccc2c(c1)CCC2. The van der Waals surface area contributed by atoms with Crippen molar-refractivity contribution < 1.29 is 5.11 Å². The molecule has 1 aromatic rings. The Morgan fingerprint density at radius 2 is 1.94 bits per heavy atom. The first-order valence-corrected chi connectivity index (χ1v) is 6.75. The topological polar surface area (TPSA) is 20.2 Å². The van der Waals surface area contributed by atoms with Crippen molar-refractivity contribution in [3.63, 3.8) is 0 Å². The average molecular weight is 242 g/mol. The minimum atomic E-state index is -0.453. The fraction of sp³-hybridized carbons (Fsp3) is 0.529. The number of benzene rings is 1. The van der Waals surface area contributed by atoms with E-state index in [1.165, 1.54) is 24.0 Å². The van der Waals surface area contributed by atoms with Crippen LogP contribution in [0.2, 0.25) is 0 Å². The fourth-order valence-corrected chi connectivity index (χ4v) is 2.33. The van der Waals surface area contributed by atoms with Gasteiger partial charge < -0.3 is 5.11 Å². The smallest absolute Gasteiger partial charge is 0.0899 e. The summed E-state index contributed by atoms with van der Waals surface area (Å²) in [6.07, 6.45) is 3.67. The molecule has 0 amide bonds. The van der Waals surface area contributed by atoms with E-state index in [9.17, 15) is 5.11 Å². The lowest BCUT2D eigenvalue weighted by Gasteiger charge is -2.11. The molecule has 0 saturated carbocycles. The lowest BCUT2D eigenvalue weighted by atomic mass is 9.96. The van der Waals surface area contributed by atoms with Crippen molar-refractivity contribution in [3.05, 3.63) is 34.9 Å². The summed E-state index contributed by atoms with van der Waals surface area (Å²) >= 11 is 0. The second-order valence-electron chi connectivity index (χ2n) is 6.15. The van der Waals surface area contributed by atoms with E-state index in [-0.39, 0.29) is 5.41 Å². The highest BCUT2D eigenvalue weighted by Crippen LogP contribution is 2.26. The van der Waals surface area contributed by atoms with Crippen molar-refractivity contribution in [2.45, 2.75) is 52.6 Å². The minimum absolute atomic E-state index is 0.0116. The van der Waals surface area contributed by atoms with Gasteiger partial charge in [-0.1, -0.05) is 30.0 Å². The van der Waals surface area contributed by atoms with Gasteiger partial charge in [-0.25, -0.2) is 0 Å². The summed E-state index contributed by atoms with van der Waals surface area (Å²) in [5.41, 5.74) is 3.89. The van der Waals surface area contributed by atoms with E-state index >= 15 is 0 Å². The van der Waals surface area contributed by atoms with Gasteiger partial charge in [-0.15, -0.1) is 0 Å². The van der Waals surface area contributed by atoms with Crippen molar-refractivity contribution >= 4 is 0 Å². The van der Waals surface area contributed by atoms with Gasteiger partial charge in [0, 0.05) is 11.8 Å². The second kappa shape index (κ2) is 5.16. The molecule has 0 bridgehead atoms. The van der Waals surface area contributed by atoms with Gasteiger partial charge in [-0.2, -0.15) is 0 Å². The normalized spacial score (nSPS) is 15.8. The summed E-state index contributed by atoms with van der Waals surface area (Å²) in [6.45, 7) is 6.26. The summed E-state index contributed by atoms with van der Waals surface area (Å²) in [5.74, 6) is 6.26. The summed E-state index contributed by atoms with van der Waals surface area (Å²) in [7, 11) is 0. The van der Waals surface area contributed by atoms with Crippen molar-refractivity contribution in [1.82, 2.24) is 0 Å². The number of rotatable bonds is 2. The maximum atomic E-state index is 10.1. The van der Waals surface area contributed by atoms with E-state index in [2.05, 4.69) is 44.7 Å². The highest BCUT2D eigenvalue weighted by atomic mass is 16.3. The molecule has 96 valence electrons. The zero-order valence-corrected chi connectivity index (χ0v) is 11.6. The van der Waals surface area contributed by atoms with Crippen LogP contribution in [0.3, 0.4) is 0 Å². The molecule has 18 heavy (non-hydrogen) atoms. The van der Waals surface area contributed by atoms with E-state index < -0.39 is 6.10 Å². The van der Waals surface area contributed by atoms with Gasteiger partial charge >= 0.3 is 0 Å². The molecule has 1 nitrogen and oxygen atoms in total. The highest BCUT2D eigenvalue weighted by Gasteiger charge is 2.14. The van der Waals surface area contributed by atoms with Crippen LogP contribution in [0.5, 0.6) is 0 Å². The third kappa shape index (κ3) is 3.37. The summed E-state index contributed by atoms with van der Waals surface area (Å²) < 4.78 is 0. The predicted octanol–water partition coefficient (Wildman–Crippen LogP) is 3.65. The van der Waals surface area contributed by atoms with Gasteiger partial charge in [-0.05, 0) is 56.7 Å². The first kappa shape index (κ1) is 13.2. The maximum Gasteiger partial charge on any atom is 0.0899 e. The van der Waals surface area contributed by atoms with Crippen molar-refractivity contribution in [1.29, 1.82) is 0 Å². The molecule has 0 spiro atoms. The van der Waals surface area contributed by atoms with Crippen LogP contribution >= 0.6 is 0 Å². The fourth-order valence-electron chi connectivity index (χ4n) is 2.33. The summed E-state index contributed by atoms with van der Waals surface area (Å²) in [5, 5.41) is 10.1. The van der Waals surface area contributed by atoms with Gasteiger partial charge in [0.15, 0.2) is 0 Å². The zero-order chi connectivity index (χ0) is 13.2. The van der Waals surface area contributed by atoms with Crippen LogP contribution in [0.15, 0.2) is 18.2 Å². The lowest BCUT2D eigenvalue weighted by molar-refractivity contribution is 0.184. The predicted molar refractivity (Wildman–Crippen MR) is 75.3 cm³/mol. The number of hydrogen-bond acceptors (Lipinski definition) is 1. The van der Waals surface area contributed by atoms with Gasteiger partial charge in [0.2, 0.25) is 0 Å². The summed E-state index contributed by atoms with van der Waals surface area (Å²) in [6, 6.07) is 6.37. The first-order chi connectivity index (χ1) is 8.46. The third-order valence-corrected chi connectivity index (χ3v) is 3.27. The van der Waals surface area contributed by atoms with Crippen LogP contribution in [0.1, 0.15) is 56.4 Å². The molecule has 2 rings (SSSR count). The Kier molecular flexibility index (Phi) is 3.78. The number of fused-ring (bicyclic) bond motifs is 1. The maximum absolute atomic E-state index is 10.1. The number of hydrogen-bond donors (Lipinski definition) is 1. The molecule has 0 heterocycles. The van der Waals surface area contributed by atoms with Crippen LogP contribution in [0, 0.1) is 17.3 Å². The molecule has 1 N–H and O–H groups in total. The van der Waals surface area contributed by atoms with Crippen molar-refractivity contribution in [2.75, 3.05) is 0 Å². The Balaban J connectivity index is 2.05. The molecule has 1 atom stereocenters. The van der Waals surface area contributed by atoms with E-state index in [4.69, 9.17) is 0 Å². The molecule has 1 unspecified atom stereocenters. The Morgan fingerprint density at radius 1 is 1.22 bits per heavy atom. The quantitative estimate of drug-likeness (QED) is 0.785. The van der Waals surface area contributed by atoms with Crippen LogP contribution in [0.4, 0.5) is 0 Å². The monoisotopic (exact) mass is 242 g/mol. The highest BCUT2D eigenvalue weighted by molar-refractivity contribution is 5.36. The molecule has 0 fully saturated rings. The molecule has 1 aliphatic carbocycles. The Morgan fingerprint density at radius 3 is 2.67 bits per heavy atom. The standard InChI is InChI=1S/C17H22O/c1-17(2,3)11-5-8-16(18)15-10-9-13-6-4-7-14(13)12-15/h9-10,12,16,18H,4,6-8H2,1-3H3. The summed E-state index contributed by atoms with van der Waals surface area (Å²) in [4.78, 5) is 0. The van der Waals surface area contributed by atoms with Crippen molar-refractivity contribution in [3.8, 4) is 11.8 Å². The van der Waals surface area contributed by atoms with Gasteiger partial charge in [0.1, 0.15) is 0 Å². The Labute approximate surface area is 110 Å². The van der Waals surface area contributed by atoms with E-state index in [0.717, 1.165) is 12.0 Å². The molecule has 1 heteroatoms. The van der Waals surface area contributed by atoms with Crippen LogP contribution in [-0.4, -0.2) is 5.11 Å². The second-order valence-corrected chi connectivity index (χ2v) is 6.15. The van der Waals surface area contributed by atoms with Crippen LogP contribution in [0.25, 0.3) is 0 Å².